The Balaban J connectivity index is 1.71. The molecule has 0 aromatic heterocycles. The molecule has 2 aromatic rings. The Morgan fingerprint density at radius 1 is 1.14 bits per heavy atom. The molecule has 1 heterocycles. The summed E-state index contributed by atoms with van der Waals surface area (Å²) in [6.07, 6.45) is 0.188. The second-order valence-electron chi connectivity index (χ2n) is 7.02. The van der Waals surface area contributed by atoms with E-state index in [0.29, 0.717) is 17.1 Å². The Bertz CT molecular complexity index is 956. The van der Waals surface area contributed by atoms with Crippen LogP contribution in [0.25, 0.3) is 0 Å². The highest BCUT2D eigenvalue weighted by molar-refractivity contribution is 7.92. The summed E-state index contributed by atoms with van der Waals surface area (Å²) in [5, 5.41) is 2.82. The van der Waals surface area contributed by atoms with Crippen LogP contribution in [-0.2, 0) is 21.4 Å². The Morgan fingerprint density at radius 3 is 2.41 bits per heavy atom. The zero-order chi connectivity index (χ0) is 21.0. The summed E-state index contributed by atoms with van der Waals surface area (Å²) in [6.45, 7) is 6.99. The molecule has 0 aliphatic carbocycles. The number of amides is 1. The molecular formula is C21H27N3O4S. The minimum Gasteiger partial charge on any atom is -0.476 e. The van der Waals surface area contributed by atoms with Gasteiger partial charge in [-0.15, -0.1) is 0 Å². The first-order valence-corrected chi connectivity index (χ1v) is 11.5. The van der Waals surface area contributed by atoms with Gasteiger partial charge in [0.15, 0.2) is 6.10 Å². The van der Waals surface area contributed by atoms with Gasteiger partial charge in [0.2, 0.25) is 10.0 Å². The predicted molar refractivity (Wildman–Crippen MR) is 115 cm³/mol. The number of carbonyl (C=O) groups is 1. The van der Waals surface area contributed by atoms with E-state index >= 15 is 0 Å². The van der Waals surface area contributed by atoms with Gasteiger partial charge in [0.1, 0.15) is 5.75 Å². The van der Waals surface area contributed by atoms with Crippen LogP contribution in [0, 0.1) is 0 Å². The Morgan fingerprint density at radius 2 is 1.79 bits per heavy atom. The highest BCUT2D eigenvalue weighted by Gasteiger charge is 2.34. The SMILES string of the molecule is CCN(CC)Cc1ccc(NC(=O)[C@H]2CN(S(C)(=O)=O)c3ccccc3O2)cc1. The Hall–Kier alpha value is -2.58. The van der Waals surface area contributed by atoms with Gasteiger partial charge in [-0.1, -0.05) is 38.1 Å². The lowest BCUT2D eigenvalue weighted by Crippen LogP contribution is -2.48. The van der Waals surface area contributed by atoms with Crippen LogP contribution in [0.15, 0.2) is 48.5 Å². The summed E-state index contributed by atoms with van der Waals surface area (Å²) in [5.41, 5.74) is 2.25. The van der Waals surface area contributed by atoms with E-state index in [4.69, 9.17) is 4.74 Å². The first-order valence-electron chi connectivity index (χ1n) is 9.67. The molecule has 0 saturated carbocycles. The number of hydrogen-bond donors (Lipinski definition) is 1. The molecule has 0 unspecified atom stereocenters. The van der Waals surface area contributed by atoms with Crippen molar-refractivity contribution < 1.29 is 17.9 Å². The monoisotopic (exact) mass is 417 g/mol. The minimum atomic E-state index is -3.53. The molecule has 2 aromatic carbocycles. The second-order valence-corrected chi connectivity index (χ2v) is 8.92. The van der Waals surface area contributed by atoms with Crippen molar-refractivity contribution in [3.8, 4) is 5.75 Å². The van der Waals surface area contributed by atoms with Crippen LogP contribution < -0.4 is 14.4 Å². The van der Waals surface area contributed by atoms with Gasteiger partial charge in [0, 0.05) is 12.2 Å². The van der Waals surface area contributed by atoms with Gasteiger partial charge < -0.3 is 10.1 Å². The van der Waals surface area contributed by atoms with Crippen LogP contribution in [0.2, 0.25) is 0 Å². The van der Waals surface area contributed by atoms with Gasteiger partial charge in [-0.3, -0.25) is 14.0 Å². The Labute approximate surface area is 172 Å². The maximum atomic E-state index is 12.7. The average molecular weight is 418 g/mol. The van der Waals surface area contributed by atoms with Crippen molar-refractivity contribution in [2.75, 3.05) is 35.5 Å². The van der Waals surface area contributed by atoms with Crippen LogP contribution >= 0.6 is 0 Å². The first kappa shape index (κ1) is 21.1. The molecule has 1 atom stereocenters. The maximum Gasteiger partial charge on any atom is 0.267 e. The normalized spacial score (nSPS) is 16.3. The quantitative estimate of drug-likeness (QED) is 0.749. The number of nitrogens with zero attached hydrogens (tertiary/aromatic N) is 2. The molecule has 3 rings (SSSR count). The third-order valence-electron chi connectivity index (χ3n) is 4.95. The van der Waals surface area contributed by atoms with Crippen molar-refractivity contribution in [1.82, 2.24) is 4.90 Å². The summed E-state index contributed by atoms with van der Waals surface area (Å²) < 4.78 is 31.4. The van der Waals surface area contributed by atoms with E-state index in [2.05, 4.69) is 24.1 Å². The average Bonchev–Trinajstić information content (AvgIpc) is 2.71. The fourth-order valence-corrected chi connectivity index (χ4v) is 4.19. The van der Waals surface area contributed by atoms with Crippen LogP contribution in [0.1, 0.15) is 19.4 Å². The fraction of sp³-hybridized carbons (Fsp3) is 0.381. The molecule has 156 valence electrons. The molecule has 29 heavy (non-hydrogen) atoms. The molecule has 0 fully saturated rings. The molecular weight excluding hydrogens is 390 g/mol. The van der Waals surface area contributed by atoms with Crippen molar-refractivity contribution >= 4 is 27.3 Å². The zero-order valence-corrected chi connectivity index (χ0v) is 17.8. The number of anilines is 2. The van der Waals surface area contributed by atoms with E-state index in [1.54, 1.807) is 24.3 Å². The molecule has 0 radical (unpaired) electrons. The number of sulfonamides is 1. The number of fused-ring (bicyclic) bond motifs is 1. The molecule has 1 N–H and O–H groups in total. The molecule has 0 bridgehead atoms. The third-order valence-corrected chi connectivity index (χ3v) is 6.10. The summed E-state index contributed by atoms with van der Waals surface area (Å²) in [4.78, 5) is 15.0. The summed E-state index contributed by atoms with van der Waals surface area (Å²) in [7, 11) is -3.53. The van der Waals surface area contributed by atoms with E-state index in [0.717, 1.165) is 31.5 Å². The third kappa shape index (κ3) is 5.07. The minimum absolute atomic E-state index is 0.0677. The van der Waals surface area contributed by atoms with Crippen LogP contribution in [0.4, 0.5) is 11.4 Å². The molecule has 1 amide bonds. The van der Waals surface area contributed by atoms with Gasteiger partial charge in [0.25, 0.3) is 5.91 Å². The van der Waals surface area contributed by atoms with E-state index in [1.165, 1.54) is 4.31 Å². The van der Waals surface area contributed by atoms with E-state index in [9.17, 15) is 13.2 Å². The number of hydrogen-bond acceptors (Lipinski definition) is 5. The second kappa shape index (κ2) is 8.84. The lowest BCUT2D eigenvalue weighted by atomic mass is 10.1. The van der Waals surface area contributed by atoms with Crippen LogP contribution in [0.5, 0.6) is 5.75 Å². The summed E-state index contributed by atoms with van der Waals surface area (Å²) in [5.74, 6) is -0.0106. The number of para-hydroxylation sites is 2. The molecule has 7 nitrogen and oxygen atoms in total. The topological polar surface area (TPSA) is 79.0 Å². The molecule has 0 saturated heterocycles. The van der Waals surface area contributed by atoms with Crippen molar-refractivity contribution in [2.24, 2.45) is 0 Å². The molecule has 0 spiro atoms. The lowest BCUT2D eigenvalue weighted by molar-refractivity contribution is -0.122. The smallest absolute Gasteiger partial charge is 0.267 e. The van der Waals surface area contributed by atoms with Gasteiger partial charge in [-0.25, -0.2) is 8.42 Å². The number of carbonyl (C=O) groups excluding carboxylic acids is 1. The molecule has 1 aliphatic rings. The maximum absolute atomic E-state index is 12.7. The van der Waals surface area contributed by atoms with Crippen molar-refractivity contribution in [3.05, 3.63) is 54.1 Å². The summed E-state index contributed by atoms with van der Waals surface area (Å²) >= 11 is 0. The van der Waals surface area contributed by atoms with Gasteiger partial charge in [-0.05, 0) is 42.9 Å². The Kier molecular flexibility index (Phi) is 6.44. The highest BCUT2D eigenvalue weighted by atomic mass is 32.2. The van der Waals surface area contributed by atoms with Gasteiger partial charge >= 0.3 is 0 Å². The number of rotatable bonds is 7. The number of benzene rings is 2. The van der Waals surface area contributed by atoms with Crippen molar-refractivity contribution in [1.29, 1.82) is 0 Å². The van der Waals surface area contributed by atoms with E-state index in [-0.39, 0.29) is 12.5 Å². The fourth-order valence-electron chi connectivity index (χ4n) is 3.27. The van der Waals surface area contributed by atoms with Crippen molar-refractivity contribution in [3.63, 3.8) is 0 Å². The highest BCUT2D eigenvalue weighted by Crippen LogP contribution is 2.34. The van der Waals surface area contributed by atoms with E-state index < -0.39 is 16.1 Å². The molecule has 1 aliphatic heterocycles. The van der Waals surface area contributed by atoms with Gasteiger partial charge in [-0.2, -0.15) is 0 Å². The van der Waals surface area contributed by atoms with Crippen LogP contribution in [0.3, 0.4) is 0 Å². The zero-order valence-electron chi connectivity index (χ0n) is 17.0. The molecule has 8 heteroatoms. The number of nitrogens with one attached hydrogen (secondary N) is 1. The van der Waals surface area contributed by atoms with E-state index in [1.807, 2.05) is 24.3 Å². The van der Waals surface area contributed by atoms with Crippen molar-refractivity contribution in [2.45, 2.75) is 26.5 Å². The lowest BCUT2D eigenvalue weighted by Gasteiger charge is -2.33. The predicted octanol–water partition coefficient (Wildman–Crippen LogP) is 2.69. The largest absolute Gasteiger partial charge is 0.476 e. The number of ether oxygens (including phenoxy) is 1. The van der Waals surface area contributed by atoms with Crippen LogP contribution in [-0.4, -0.2) is 51.2 Å². The summed E-state index contributed by atoms with van der Waals surface area (Å²) in [6, 6.07) is 14.5. The first-order chi connectivity index (χ1) is 13.8. The standard InChI is InChI=1S/C21H27N3O4S/c1-4-23(5-2)14-16-10-12-17(13-11-16)22-21(25)20-15-24(29(3,26)27)18-8-6-7-9-19(18)28-20/h6-13,20H,4-5,14-15H2,1-3H3,(H,22,25)/t20-/m1/s1. The van der Waals surface area contributed by atoms with Gasteiger partial charge in [0.05, 0.1) is 18.5 Å².